The van der Waals surface area contributed by atoms with Crippen molar-refractivity contribution < 1.29 is 22.5 Å². The van der Waals surface area contributed by atoms with E-state index in [1.165, 1.54) is 42.7 Å². The van der Waals surface area contributed by atoms with Crippen LogP contribution in [-0.4, -0.2) is 33.6 Å². The first-order valence-corrected chi connectivity index (χ1v) is 10.8. The van der Waals surface area contributed by atoms with Crippen molar-refractivity contribution in [2.75, 3.05) is 5.32 Å². The molecule has 0 aliphatic rings. The number of halogens is 1. The smallest absolute Gasteiger partial charge is 0.299 e. The van der Waals surface area contributed by atoms with Crippen molar-refractivity contribution in [3.05, 3.63) is 94.7 Å². The van der Waals surface area contributed by atoms with Crippen LogP contribution >= 0.6 is 0 Å². The summed E-state index contributed by atoms with van der Waals surface area (Å²) in [5.74, 6) is -0.389. The highest BCUT2D eigenvalue weighted by molar-refractivity contribution is 8.06. The number of nitro groups is 1. The quantitative estimate of drug-likeness (QED) is 0.321. The molecule has 0 unspecified atom stereocenters. The lowest BCUT2D eigenvalue weighted by Gasteiger charge is -2.10. The minimum Gasteiger partial charge on any atom is -0.355 e. The molecule has 2 aromatic carbocycles. The largest absolute Gasteiger partial charge is 0.355 e. The molecule has 2 N–H and O–H groups in total. The first-order chi connectivity index (χ1) is 15.8. The highest BCUT2D eigenvalue weighted by Gasteiger charge is 2.29. The average Bonchev–Trinajstić information content (AvgIpc) is 3.30. The molecule has 10 nitrogen and oxygen atoms in total. The Bertz CT molecular complexity index is 1450. The summed E-state index contributed by atoms with van der Waals surface area (Å²) < 4.78 is 38.5. The number of carbonyl (C=O) groups is 1. The molecule has 4 aromatic rings. The number of sulfone groups is 1. The van der Waals surface area contributed by atoms with Gasteiger partial charge >= 0.3 is 0 Å². The van der Waals surface area contributed by atoms with Crippen LogP contribution in [0.15, 0.2) is 78.0 Å². The standard InChI is InChI=1S/C21H14FN5O5S/c22-13-1-3-14(4-2-13)24-18-9-10-23-12-17(18)19-11-20(26-25-19)21(28)33(31,32)16-7-5-15(6-8-16)27(29)30/h1-12H,(H,23,24)(H,25,26). The van der Waals surface area contributed by atoms with Crippen LogP contribution in [0.2, 0.25) is 0 Å². The van der Waals surface area contributed by atoms with Crippen molar-refractivity contribution in [1.29, 1.82) is 0 Å². The molecule has 0 amide bonds. The van der Waals surface area contributed by atoms with E-state index in [2.05, 4.69) is 20.5 Å². The molecule has 0 atom stereocenters. The van der Waals surface area contributed by atoms with Gasteiger partial charge in [-0.1, -0.05) is 0 Å². The van der Waals surface area contributed by atoms with Gasteiger partial charge in [-0.05, 0) is 48.5 Å². The van der Waals surface area contributed by atoms with E-state index in [9.17, 15) is 27.7 Å². The molecule has 0 aliphatic heterocycles. The van der Waals surface area contributed by atoms with Crippen molar-refractivity contribution in [2.45, 2.75) is 4.90 Å². The summed E-state index contributed by atoms with van der Waals surface area (Å²) in [5.41, 5.74) is 1.25. The zero-order valence-corrected chi connectivity index (χ0v) is 17.4. The monoisotopic (exact) mass is 467 g/mol. The number of H-pyrrole nitrogens is 1. The lowest BCUT2D eigenvalue weighted by Crippen LogP contribution is -2.15. The maximum absolute atomic E-state index is 13.2. The fourth-order valence-corrected chi connectivity index (χ4v) is 4.06. The van der Waals surface area contributed by atoms with E-state index >= 15 is 0 Å². The highest BCUT2D eigenvalue weighted by atomic mass is 32.2. The van der Waals surface area contributed by atoms with Gasteiger partial charge in [-0.25, -0.2) is 12.8 Å². The normalized spacial score (nSPS) is 11.2. The van der Waals surface area contributed by atoms with Crippen LogP contribution < -0.4 is 5.32 Å². The Morgan fingerprint density at radius 2 is 1.76 bits per heavy atom. The molecule has 166 valence electrons. The fraction of sp³-hybridized carbons (Fsp3) is 0. The molecule has 0 radical (unpaired) electrons. The van der Waals surface area contributed by atoms with Crippen LogP contribution in [0.1, 0.15) is 10.5 Å². The number of nitro benzene ring substituents is 1. The number of hydrogen-bond donors (Lipinski definition) is 2. The summed E-state index contributed by atoms with van der Waals surface area (Å²) in [6.45, 7) is 0. The molecule has 0 spiro atoms. The second-order valence-corrected chi connectivity index (χ2v) is 8.61. The van der Waals surface area contributed by atoms with Crippen LogP contribution in [0.25, 0.3) is 11.3 Å². The number of carbonyl (C=O) groups excluding carboxylic acids is 1. The minimum atomic E-state index is -4.47. The van der Waals surface area contributed by atoms with Gasteiger partial charge < -0.3 is 5.32 Å². The van der Waals surface area contributed by atoms with Gasteiger partial charge in [-0.15, -0.1) is 0 Å². The molecule has 0 saturated carbocycles. The van der Waals surface area contributed by atoms with Gasteiger partial charge in [-0.3, -0.25) is 25.0 Å². The minimum absolute atomic E-state index is 0.245. The van der Waals surface area contributed by atoms with E-state index in [-0.39, 0.29) is 27.8 Å². The van der Waals surface area contributed by atoms with Crippen molar-refractivity contribution in [2.24, 2.45) is 0 Å². The average molecular weight is 467 g/mol. The first-order valence-electron chi connectivity index (χ1n) is 9.32. The number of aromatic nitrogens is 3. The van der Waals surface area contributed by atoms with Gasteiger partial charge in [0.25, 0.3) is 10.8 Å². The number of nitrogens with zero attached hydrogens (tertiary/aromatic N) is 3. The molecular weight excluding hydrogens is 453 g/mol. The van der Waals surface area contributed by atoms with Gasteiger partial charge in [0.05, 0.1) is 21.2 Å². The SMILES string of the molecule is O=C(c1cc(-c2cnccc2Nc2ccc(F)cc2)n[nH]1)S(=O)(=O)c1ccc([N+](=O)[O-])cc1. The third-order valence-electron chi connectivity index (χ3n) is 4.62. The lowest BCUT2D eigenvalue weighted by molar-refractivity contribution is -0.384. The van der Waals surface area contributed by atoms with E-state index in [1.807, 2.05) is 0 Å². The van der Waals surface area contributed by atoms with Crippen molar-refractivity contribution >= 4 is 32.0 Å². The number of anilines is 2. The predicted octanol–water partition coefficient (Wildman–Crippen LogP) is 3.88. The summed E-state index contributed by atoms with van der Waals surface area (Å²) in [7, 11) is -4.47. The second kappa shape index (κ2) is 8.59. The van der Waals surface area contributed by atoms with Crippen LogP contribution in [0.3, 0.4) is 0 Å². The molecule has 4 rings (SSSR count). The predicted molar refractivity (Wildman–Crippen MR) is 116 cm³/mol. The molecule has 12 heteroatoms. The molecule has 0 fully saturated rings. The fourth-order valence-electron chi connectivity index (χ4n) is 2.96. The molecule has 33 heavy (non-hydrogen) atoms. The van der Waals surface area contributed by atoms with E-state index in [4.69, 9.17) is 0 Å². The molecule has 2 heterocycles. The Labute approximate surface area is 186 Å². The Kier molecular flexibility index (Phi) is 5.67. The van der Waals surface area contributed by atoms with Gasteiger partial charge in [0.15, 0.2) is 0 Å². The van der Waals surface area contributed by atoms with Gasteiger partial charge in [-0.2, -0.15) is 5.10 Å². The summed E-state index contributed by atoms with van der Waals surface area (Å²) in [5, 5.41) is 19.1. The van der Waals surface area contributed by atoms with Crippen molar-refractivity contribution in [1.82, 2.24) is 15.2 Å². The third kappa shape index (κ3) is 4.45. The topological polar surface area (TPSA) is 148 Å². The molecule has 0 bridgehead atoms. The first kappa shape index (κ1) is 21.8. The van der Waals surface area contributed by atoms with Crippen LogP contribution in [0.5, 0.6) is 0 Å². The second-order valence-electron chi connectivity index (χ2n) is 6.76. The Balaban J connectivity index is 1.62. The van der Waals surface area contributed by atoms with E-state index in [0.717, 1.165) is 24.3 Å². The Morgan fingerprint density at radius 1 is 1.06 bits per heavy atom. The summed E-state index contributed by atoms with van der Waals surface area (Å²) in [4.78, 5) is 26.4. The maximum Gasteiger partial charge on any atom is 0.299 e. The van der Waals surface area contributed by atoms with Gasteiger partial charge in [0.1, 0.15) is 11.5 Å². The molecule has 2 aromatic heterocycles. The summed E-state index contributed by atoms with van der Waals surface area (Å²) in [6.07, 6.45) is 2.99. The number of non-ortho nitro benzene ring substituents is 1. The number of nitrogens with one attached hydrogen (secondary N) is 2. The van der Waals surface area contributed by atoms with Crippen LogP contribution in [0.4, 0.5) is 21.5 Å². The number of aromatic amines is 1. The highest BCUT2D eigenvalue weighted by Crippen LogP contribution is 2.29. The Hall–Kier alpha value is -4.45. The number of hydrogen-bond acceptors (Lipinski definition) is 8. The summed E-state index contributed by atoms with van der Waals surface area (Å²) in [6, 6.07) is 12.5. The van der Waals surface area contributed by atoms with Crippen molar-refractivity contribution in [3.8, 4) is 11.3 Å². The zero-order chi connectivity index (χ0) is 23.6. The molecular formula is C21H14FN5O5S. The number of benzene rings is 2. The van der Waals surface area contributed by atoms with Crippen LogP contribution in [-0.2, 0) is 9.84 Å². The van der Waals surface area contributed by atoms with Crippen molar-refractivity contribution in [3.63, 3.8) is 0 Å². The lowest BCUT2D eigenvalue weighted by atomic mass is 10.1. The third-order valence-corrected chi connectivity index (χ3v) is 6.22. The number of rotatable bonds is 6. The molecule has 0 aliphatic carbocycles. The zero-order valence-electron chi connectivity index (χ0n) is 16.6. The van der Waals surface area contributed by atoms with E-state index in [0.29, 0.717) is 16.9 Å². The number of pyridine rings is 1. The van der Waals surface area contributed by atoms with Gasteiger partial charge in [0.2, 0.25) is 9.84 Å². The molecule has 0 saturated heterocycles. The summed E-state index contributed by atoms with van der Waals surface area (Å²) >= 11 is 0. The maximum atomic E-state index is 13.2. The Morgan fingerprint density at radius 3 is 2.42 bits per heavy atom. The van der Waals surface area contributed by atoms with E-state index < -0.39 is 19.9 Å². The van der Waals surface area contributed by atoms with Gasteiger partial charge in [0, 0.05) is 35.8 Å². The van der Waals surface area contributed by atoms with Crippen LogP contribution in [0, 0.1) is 15.9 Å². The van der Waals surface area contributed by atoms with E-state index in [1.54, 1.807) is 6.07 Å².